The fraction of sp³-hybridized carbons (Fsp3) is 0.438. The Hall–Kier alpha value is -2.21. The Bertz CT molecular complexity index is 707. The second kappa shape index (κ2) is 5.21. The molecule has 0 spiro atoms. The van der Waals surface area contributed by atoms with E-state index in [9.17, 15) is 10.2 Å². The molecule has 0 bridgehead atoms. The van der Waals surface area contributed by atoms with Crippen LogP contribution in [0.4, 0.5) is 5.82 Å². The number of pyridine rings is 1. The Morgan fingerprint density at radius 3 is 2.50 bits per heavy atom. The van der Waals surface area contributed by atoms with Gasteiger partial charge in [-0.25, -0.2) is 0 Å². The van der Waals surface area contributed by atoms with Gasteiger partial charge in [-0.05, 0) is 56.9 Å². The fourth-order valence-corrected chi connectivity index (χ4v) is 2.84. The van der Waals surface area contributed by atoms with Crippen molar-refractivity contribution in [2.24, 2.45) is 0 Å². The fourth-order valence-electron chi connectivity index (χ4n) is 2.84. The van der Waals surface area contributed by atoms with Crippen LogP contribution in [0.1, 0.15) is 30.9 Å². The molecule has 0 unspecified atom stereocenters. The molecule has 0 aliphatic heterocycles. The lowest BCUT2D eigenvalue weighted by atomic mass is 9.77. The van der Waals surface area contributed by atoms with Gasteiger partial charge in [0, 0.05) is 12.2 Å². The monoisotopic (exact) mass is 300 g/mol. The Kier molecular flexibility index (Phi) is 3.48. The molecule has 22 heavy (non-hydrogen) atoms. The van der Waals surface area contributed by atoms with Crippen LogP contribution in [-0.2, 0) is 0 Å². The number of nitrogens with zero attached hydrogens (tertiary/aromatic N) is 3. The summed E-state index contributed by atoms with van der Waals surface area (Å²) >= 11 is 0. The molecule has 6 nitrogen and oxygen atoms in total. The number of hydrogen-bond donors (Lipinski definition) is 3. The summed E-state index contributed by atoms with van der Waals surface area (Å²) in [7, 11) is 0. The highest BCUT2D eigenvalue weighted by molar-refractivity contribution is 5.66. The minimum absolute atomic E-state index is 0.105. The molecule has 1 aliphatic rings. The van der Waals surface area contributed by atoms with Gasteiger partial charge in [0.05, 0.1) is 5.60 Å². The van der Waals surface area contributed by atoms with E-state index in [1.54, 1.807) is 12.3 Å². The van der Waals surface area contributed by atoms with Crippen LogP contribution in [0.15, 0.2) is 18.3 Å². The van der Waals surface area contributed by atoms with E-state index in [0.717, 1.165) is 11.1 Å². The summed E-state index contributed by atoms with van der Waals surface area (Å²) in [4.78, 5) is 4.24. The van der Waals surface area contributed by atoms with Crippen LogP contribution < -0.4 is 5.32 Å². The number of aliphatic hydroxyl groups is 1. The molecule has 3 N–H and O–H groups in total. The molecule has 0 aromatic carbocycles. The molecule has 0 atom stereocenters. The van der Waals surface area contributed by atoms with Gasteiger partial charge in [0.15, 0.2) is 0 Å². The number of aromatic hydroxyl groups is 1. The number of anilines is 1. The van der Waals surface area contributed by atoms with E-state index in [2.05, 4.69) is 20.5 Å². The predicted octanol–water partition coefficient (Wildman–Crippen LogP) is 2.19. The number of nitrogens with one attached hydrogen (secondary N) is 1. The van der Waals surface area contributed by atoms with Crippen molar-refractivity contribution in [2.75, 3.05) is 5.32 Å². The molecule has 1 aliphatic carbocycles. The maximum atomic E-state index is 10.0. The summed E-state index contributed by atoms with van der Waals surface area (Å²) < 4.78 is 0. The predicted molar refractivity (Wildman–Crippen MR) is 83.7 cm³/mol. The SMILES string of the molecule is Cc1cnc(-c2nnc(NC3CC(C)(O)C3)cc2C)c(O)c1. The second-order valence-corrected chi connectivity index (χ2v) is 6.39. The Labute approximate surface area is 129 Å². The molecule has 6 heteroatoms. The van der Waals surface area contributed by atoms with Crippen molar-refractivity contribution < 1.29 is 10.2 Å². The lowest BCUT2D eigenvalue weighted by molar-refractivity contribution is -0.0235. The molecule has 0 amide bonds. The molecule has 2 aromatic heterocycles. The molecular formula is C16H20N4O2. The Balaban J connectivity index is 1.80. The third kappa shape index (κ3) is 2.87. The van der Waals surface area contributed by atoms with Gasteiger partial charge >= 0.3 is 0 Å². The van der Waals surface area contributed by atoms with E-state index in [1.165, 1.54) is 0 Å². The van der Waals surface area contributed by atoms with E-state index in [1.807, 2.05) is 26.8 Å². The highest BCUT2D eigenvalue weighted by Crippen LogP contribution is 2.34. The molecule has 0 radical (unpaired) electrons. The number of aryl methyl sites for hydroxylation is 2. The van der Waals surface area contributed by atoms with Crippen LogP contribution >= 0.6 is 0 Å². The first kappa shape index (κ1) is 14.7. The van der Waals surface area contributed by atoms with Gasteiger partial charge in [-0.1, -0.05) is 0 Å². The zero-order valence-electron chi connectivity index (χ0n) is 13.0. The minimum Gasteiger partial charge on any atom is -0.506 e. The third-order valence-electron chi connectivity index (χ3n) is 3.94. The topological polar surface area (TPSA) is 91.2 Å². The number of rotatable bonds is 3. The molecular weight excluding hydrogens is 280 g/mol. The summed E-state index contributed by atoms with van der Waals surface area (Å²) in [6.45, 7) is 5.61. The van der Waals surface area contributed by atoms with Gasteiger partial charge in [0.25, 0.3) is 0 Å². The van der Waals surface area contributed by atoms with Crippen molar-refractivity contribution in [3.63, 3.8) is 0 Å². The first-order valence-corrected chi connectivity index (χ1v) is 7.33. The van der Waals surface area contributed by atoms with Crippen molar-refractivity contribution in [1.82, 2.24) is 15.2 Å². The van der Waals surface area contributed by atoms with Gasteiger partial charge in [-0.2, -0.15) is 0 Å². The number of aromatic nitrogens is 3. The first-order valence-electron chi connectivity index (χ1n) is 7.33. The lowest BCUT2D eigenvalue weighted by Crippen LogP contribution is -2.48. The molecule has 1 fully saturated rings. The van der Waals surface area contributed by atoms with Crippen molar-refractivity contribution in [3.8, 4) is 17.1 Å². The average Bonchev–Trinajstić information content (AvgIpc) is 2.38. The van der Waals surface area contributed by atoms with Crippen LogP contribution in [0.3, 0.4) is 0 Å². The van der Waals surface area contributed by atoms with Crippen molar-refractivity contribution >= 4 is 5.82 Å². The van der Waals surface area contributed by atoms with E-state index in [0.29, 0.717) is 30.0 Å². The standard InChI is InChI=1S/C16H20N4O2/c1-9-4-12(21)15(17-8-9)14-10(2)5-13(19-20-14)18-11-6-16(3,22)7-11/h4-5,8,11,21-22H,6-7H2,1-3H3,(H,18,19). The van der Waals surface area contributed by atoms with Gasteiger partial charge in [0.1, 0.15) is 23.0 Å². The molecule has 116 valence electrons. The highest BCUT2D eigenvalue weighted by atomic mass is 16.3. The zero-order valence-corrected chi connectivity index (χ0v) is 13.0. The molecule has 2 aromatic rings. The second-order valence-electron chi connectivity index (χ2n) is 6.39. The first-order chi connectivity index (χ1) is 10.3. The molecule has 3 rings (SSSR count). The number of hydrogen-bond acceptors (Lipinski definition) is 6. The quantitative estimate of drug-likeness (QED) is 0.805. The zero-order chi connectivity index (χ0) is 15.9. The van der Waals surface area contributed by atoms with Crippen molar-refractivity contribution in [1.29, 1.82) is 0 Å². The Morgan fingerprint density at radius 2 is 1.91 bits per heavy atom. The largest absolute Gasteiger partial charge is 0.506 e. The van der Waals surface area contributed by atoms with Crippen LogP contribution in [0.2, 0.25) is 0 Å². The van der Waals surface area contributed by atoms with E-state index in [4.69, 9.17) is 0 Å². The van der Waals surface area contributed by atoms with Crippen LogP contribution in [-0.4, -0.2) is 37.0 Å². The summed E-state index contributed by atoms with van der Waals surface area (Å²) in [6.07, 6.45) is 3.10. The minimum atomic E-state index is -0.572. The molecule has 0 saturated heterocycles. The van der Waals surface area contributed by atoms with E-state index in [-0.39, 0.29) is 11.8 Å². The van der Waals surface area contributed by atoms with Crippen LogP contribution in [0.25, 0.3) is 11.4 Å². The molecule has 2 heterocycles. The van der Waals surface area contributed by atoms with Gasteiger partial charge in [-0.15, -0.1) is 10.2 Å². The maximum absolute atomic E-state index is 10.0. The normalized spacial score (nSPS) is 23.9. The highest BCUT2D eigenvalue weighted by Gasteiger charge is 2.38. The summed E-state index contributed by atoms with van der Waals surface area (Å²) in [5, 5.41) is 31.4. The van der Waals surface area contributed by atoms with E-state index < -0.39 is 5.60 Å². The van der Waals surface area contributed by atoms with Gasteiger partial charge in [0.2, 0.25) is 0 Å². The third-order valence-corrected chi connectivity index (χ3v) is 3.94. The summed E-state index contributed by atoms with van der Waals surface area (Å²) in [5.74, 6) is 0.779. The summed E-state index contributed by atoms with van der Waals surface area (Å²) in [6, 6.07) is 3.77. The van der Waals surface area contributed by atoms with E-state index >= 15 is 0 Å². The van der Waals surface area contributed by atoms with Crippen molar-refractivity contribution in [3.05, 3.63) is 29.5 Å². The maximum Gasteiger partial charge on any atom is 0.149 e. The van der Waals surface area contributed by atoms with Crippen LogP contribution in [0.5, 0.6) is 5.75 Å². The van der Waals surface area contributed by atoms with Gasteiger partial charge in [-0.3, -0.25) is 4.98 Å². The smallest absolute Gasteiger partial charge is 0.149 e. The van der Waals surface area contributed by atoms with Gasteiger partial charge < -0.3 is 15.5 Å². The average molecular weight is 300 g/mol. The summed E-state index contributed by atoms with van der Waals surface area (Å²) in [5.41, 5.74) is 2.22. The Morgan fingerprint density at radius 1 is 1.18 bits per heavy atom. The van der Waals surface area contributed by atoms with Crippen LogP contribution in [0, 0.1) is 13.8 Å². The molecule has 1 saturated carbocycles. The lowest BCUT2D eigenvalue weighted by Gasteiger charge is -2.41. The van der Waals surface area contributed by atoms with Crippen molar-refractivity contribution in [2.45, 2.75) is 45.3 Å².